The molecule has 6 heteroatoms. The number of hydrazone groups is 1. The number of piperidine rings is 2. The van der Waals surface area contributed by atoms with Crippen molar-refractivity contribution >= 4 is 23.1 Å². The van der Waals surface area contributed by atoms with Crippen LogP contribution in [-0.4, -0.2) is 41.3 Å². The summed E-state index contributed by atoms with van der Waals surface area (Å²) in [5, 5.41) is 9.08. The van der Waals surface area contributed by atoms with Gasteiger partial charge in [0.2, 0.25) is 0 Å². The topological polar surface area (TPSA) is 52.5 Å². The first-order valence-electron chi connectivity index (χ1n) is 9.48. The van der Waals surface area contributed by atoms with Gasteiger partial charge in [0.25, 0.3) is 0 Å². The summed E-state index contributed by atoms with van der Waals surface area (Å²) in [6.07, 6.45) is 14.1. The number of thiazole rings is 1. The third kappa shape index (κ3) is 3.48. The molecule has 2 N–H and O–H groups in total. The van der Waals surface area contributed by atoms with E-state index in [1.54, 1.807) is 11.3 Å². The summed E-state index contributed by atoms with van der Waals surface area (Å²) in [5.74, 6) is 0. The quantitative estimate of drug-likeness (QED) is 0.839. The van der Waals surface area contributed by atoms with Gasteiger partial charge in [-0.1, -0.05) is 13.0 Å². The second-order valence-electron chi connectivity index (χ2n) is 7.46. The van der Waals surface area contributed by atoms with Gasteiger partial charge in [0.15, 0.2) is 0 Å². The van der Waals surface area contributed by atoms with Crippen LogP contribution in [0, 0.1) is 6.92 Å². The second-order valence-corrected chi connectivity index (χ2v) is 8.70. The first-order chi connectivity index (χ1) is 12.7. The molecule has 3 aliphatic rings. The van der Waals surface area contributed by atoms with Crippen LogP contribution in [0.3, 0.4) is 0 Å². The fraction of sp³-hybridized carbons (Fsp3) is 0.500. The third-order valence-corrected chi connectivity index (χ3v) is 6.52. The molecule has 0 bridgehead atoms. The molecule has 0 aliphatic carbocycles. The van der Waals surface area contributed by atoms with Crippen molar-refractivity contribution in [3.63, 3.8) is 0 Å². The SMILES string of the molecule is C=C1C(N2CCCC3(CCCCN3)C2)=C/C=N\N/C=C\1c1ncc(C)s1. The molecule has 3 aliphatic heterocycles. The Kier molecular flexibility index (Phi) is 4.96. The molecule has 138 valence electrons. The molecule has 4 rings (SSSR count). The molecule has 1 atom stereocenters. The maximum atomic E-state index is 4.56. The number of aromatic nitrogens is 1. The molecule has 26 heavy (non-hydrogen) atoms. The van der Waals surface area contributed by atoms with Crippen molar-refractivity contribution in [3.05, 3.63) is 46.2 Å². The summed E-state index contributed by atoms with van der Waals surface area (Å²) in [4.78, 5) is 8.26. The van der Waals surface area contributed by atoms with E-state index < -0.39 is 0 Å². The van der Waals surface area contributed by atoms with E-state index in [-0.39, 0.29) is 5.54 Å². The second kappa shape index (κ2) is 7.37. The summed E-state index contributed by atoms with van der Waals surface area (Å²) in [5.41, 5.74) is 6.47. The molecule has 1 aromatic rings. The lowest BCUT2D eigenvalue weighted by Gasteiger charge is -2.47. The van der Waals surface area contributed by atoms with Gasteiger partial charge in [0, 0.05) is 59.0 Å². The minimum Gasteiger partial charge on any atom is -0.369 e. The maximum Gasteiger partial charge on any atom is 0.125 e. The molecular weight excluding hydrogens is 342 g/mol. The van der Waals surface area contributed by atoms with Crippen LogP contribution in [0.25, 0.3) is 5.57 Å². The molecular formula is C20H27N5S. The summed E-state index contributed by atoms with van der Waals surface area (Å²) >= 11 is 1.69. The lowest BCUT2D eigenvalue weighted by molar-refractivity contribution is 0.125. The Morgan fingerprint density at radius 2 is 2.15 bits per heavy atom. The standard InChI is InChI=1S/C20H27N5S/c1-15-12-21-19(26-15)17-13-24-23-10-6-18(16(17)2)25-11-5-8-20(14-25)7-3-4-9-22-20/h6,10,12-13,22,24H,2-5,7-9,11,14H2,1H3/b17-13+,18-6?,23-10-. The number of hydrogen-bond acceptors (Lipinski definition) is 6. The lowest BCUT2D eigenvalue weighted by atomic mass is 9.81. The Morgan fingerprint density at radius 1 is 1.27 bits per heavy atom. The average molecular weight is 370 g/mol. The third-order valence-electron chi connectivity index (χ3n) is 5.58. The van der Waals surface area contributed by atoms with Gasteiger partial charge in [0.1, 0.15) is 5.01 Å². The van der Waals surface area contributed by atoms with Gasteiger partial charge in [0.05, 0.1) is 0 Å². The number of nitrogens with zero attached hydrogens (tertiary/aromatic N) is 3. The van der Waals surface area contributed by atoms with Crippen molar-refractivity contribution in [1.82, 2.24) is 20.6 Å². The van der Waals surface area contributed by atoms with Crippen molar-refractivity contribution in [2.75, 3.05) is 19.6 Å². The minimum atomic E-state index is 0.261. The molecule has 0 aromatic carbocycles. The molecule has 0 saturated carbocycles. The highest BCUT2D eigenvalue weighted by atomic mass is 32.1. The zero-order valence-corrected chi connectivity index (χ0v) is 16.2. The normalized spacial score (nSPS) is 30.0. The molecule has 0 amide bonds. The van der Waals surface area contributed by atoms with Gasteiger partial charge in [-0.05, 0) is 45.2 Å². The molecule has 5 nitrogen and oxygen atoms in total. The summed E-state index contributed by atoms with van der Waals surface area (Å²) in [6.45, 7) is 9.78. The van der Waals surface area contributed by atoms with E-state index in [1.165, 1.54) is 42.7 Å². The number of hydrogen-bond donors (Lipinski definition) is 2. The van der Waals surface area contributed by atoms with Crippen LogP contribution in [0.15, 0.2) is 41.4 Å². The number of aryl methyl sites for hydroxylation is 1. The molecule has 1 aromatic heterocycles. The van der Waals surface area contributed by atoms with Crippen molar-refractivity contribution in [3.8, 4) is 0 Å². The number of allylic oxidation sites excluding steroid dienone is 2. The molecule has 2 fully saturated rings. The van der Waals surface area contributed by atoms with Crippen molar-refractivity contribution in [2.24, 2.45) is 5.10 Å². The molecule has 2 saturated heterocycles. The monoisotopic (exact) mass is 369 g/mol. The van der Waals surface area contributed by atoms with Crippen LogP contribution in [0.2, 0.25) is 0 Å². The highest BCUT2D eigenvalue weighted by molar-refractivity contribution is 7.12. The summed E-state index contributed by atoms with van der Waals surface area (Å²) < 4.78 is 0. The molecule has 0 radical (unpaired) electrons. The van der Waals surface area contributed by atoms with Crippen LogP contribution < -0.4 is 10.7 Å². The number of likely N-dealkylation sites (tertiary alicyclic amines) is 1. The number of nitrogens with one attached hydrogen (secondary N) is 2. The lowest BCUT2D eigenvalue weighted by Crippen LogP contribution is -2.58. The average Bonchev–Trinajstić information content (AvgIpc) is 3.05. The summed E-state index contributed by atoms with van der Waals surface area (Å²) in [7, 11) is 0. The molecule has 1 unspecified atom stereocenters. The predicted octanol–water partition coefficient (Wildman–Crippen LogP) is 3.43. The highest BCUT2D eigenvalue weighted by Gasteiger charge is 2.37. The van der Waals surface area contributed by atoms with Gasteiger partial charge < -0.3 is 10.2 Å². The van der Waals surface area contributed by atoms with E-state index in [1.807, 2.05) is 18.6 Å². The zero-order chi connectivity index (χ0) is 18.0. The fourth-order valence-corrected chi connectivity index (χ4v) is 5.07. The minimum absolute atomic E-state index is 0.261. The van der Waals surface area contributed by atoms with Crippen molar-refractivity contribution in [2.45, 2.75) is 44.6 Å². The van der Waals surface area contributed by atoms with Gasteiger partial charge in [-0.15, -0.1) is 11.3 Å². The maximum absolute atomic E-state index is 4.56. The van der Waals surface area contributed by atoms with Gasteiger partial charge in [-0.25, -0.2) is 4.98 Å². The van der Waals surface area contributed by atoms with Crippen LogP contribution in [0.4, 0.5) is 0 Å². The Hall–Kier alpha value is -1.92. The van der Waals surface area contributed by atoms with E-state index in [0.29, 0.717) is 0 Å². The first-order valence-corrected chi connectivity index (χ1v) is 10.3. The zero-order valence-electron chi connectivity index (χ0n) is 15.4. The van der Waals surface area contributed by atoms with Crippen LogP contribution in [0.1, 0.15) is 42.0 Å². The Balaban J connectivity index is 1.61. The van der Waals surface area contributed by atoms with Crippen LogP contribution in [-0.2, 0) is 0 Å². The van der Waals surface area contributed by atoms with Crippen molar-refractivity contribution < 1.29 is 0 Å². The Labute approximate surface area is 159 Å². The van der Waals surface area contributed by atoms with Gasteiger partial charge in [-0.2, -0.15) is 5.10 Å². The predicted molar refractivity (Wildman–Crippen MR) is 109 cm³/mol. The van der Waals surface area contributed by atoms with E-state index >= 15 is 0 Å². The molecule has 4 heterocycles. The Bertz CT molecular complexity index is 761. The van der Waals surface area contributed by atoms with Gasteiger partial charge in [-0.3, -0.25) is 5.43 Å². The van der Waals surface area contributed by atoms with Gasteiger partial charge >= 0.3 is 0 Å². The van der Waals surface area contributed by atoms with E-state index in [9.17, 15) is 0 Å². The van der Waals surface area contributed by atoms with E-state index in [0.717, 1.165) is 35.8 Å². The van der Waals surface area contributed by atoms with E-state index in [4.69, 9.17) is 0 Å². The van der Waals surface area contributed by atoms with Crippen LogP contribution >= 0.6 is 11.3 Å². The number of rotatable bonds is 2. The molecule has 1 spiro atoms. The van der Waals surface area contributed by atoms with Crippen molar-refractivity contribution in [1.29, 1.82) is 0 Å². The largest absolute Gasteiger partial charge is 0.369 e. The summed E-state index contributed by atoms with van der Waals surface area (Å²) in [6, 6.07) is 0. The Morgan fingerprint density at radius 3 is 2.92 bits per heavy atom. The highest BCUT2D eigenvalue weighted by Crippen LogP contribution is 2.36. The van der Waals surface area contributed by atoms with Crippen LogP contribution in [0.5, 0.6) is 0 Å². The van der Waals surface area contributed by atoms with E-state index in [2.05, 4.69) is 45.3 Å². The smallest absolute Gasteiger partial charge is 0.125 e. The fourth-order valence-electron chi connectivity index (χ4n) is 4.26. The first kappa shape index (κ1) is 17.5.